The van der Waals surface area contributed by atoms with E-state index in [0.29, 0.717) is 17.7 Å². The van der Waals surface area contributed by atoms with E-state index in [1.165, 1.54) is 44.9 Å². The molecule has 2 nitrogen and oxygen atoms in total. The first-order valence-corrected chi connectivity index (χ1v) is 14.7. The van der Waals surface area contributed by atoms with Crippen molar-refractivity contribution in [3.05, 3.63) is 23.3 Å². The maximum Gasteiger partial charge on any atom is 0.0598 e. The van der Waals surface area contributed by atoms with Gasteiger partial charge in [-0.15, -0.1) is 23.2 Å². The van der Waals surface area contributed by atoms with Gasteiger partial charge in [0.05, 0.1) is 11.0 Å². The number of rotatable bonds is 9. The molecule has 3 aliphatic rings. The first-order valence-electron chi connectivity index (χ1n) is 13.8. The smallest absolute Gasteiger partial charge is 0.0598 e. The van der Waals surface area contributed by atoms with Crippen LogP contribution in [0, 0.1) is 17.3 Å². The van der Waals surface area contributed by atoms with E-state index in [-0.39, 0.29) is 27.5 Å². The van der Waals surface area contributed by atoms with Gasteiger partial charge in [-0.2, -0.15) is 0 Å². The number of halogens is 2. The summed E-state index contributed by atoms with van der Waals surface area (Å²) in [7, 11) is 0. The quantitative estimate of drug-likeness (QED) is 0.226. The fourth-order valence-electron chi connectivity index (χ4n) is 7.56. The maximum atomic E-state index is 7.06. The van der Waals surface area contributed by atoms with Crippen molar-refractivity contribution in [3.8, 4) is 0 Å². The molecule has 4 unspecified atom stereocenters. The summed E-state index contributed by atoms with van der Waals surface area (Å²) >= 11 is 13.5. The van der Waals surface area contributed by atoms with Crippen molar-refractivity contribution < 1.29 is 4.74 Å². The summed E-state index contributed by atoms with van der Waals surface area (Å²) in [5.41, 5.74) is 3.62. The third-order valence-electron chi connectivity index (χ3n) is 8.91. The predicted molar refractivity (Wildman–Crippen MR) is 149 cm³/mol. The van der Waals surface area contributed by atoms with E-state index in [2.05, 4.69) is 72.4 Å². The molecule has 196 valence electrons. The molecule has 0 aromatic heterocycles. The van der Waals surface area contributed by atoms with Crippen molar-refractivity contribution in [3.63, 3.8) is 0 Å². The number of ether oxygens (including phenoxy) is 1. The van der Waals surface area contributed by atoms with Crippen LogP contribution in [0.15, 0.2) is 23.3 Å². The van der Waals surface area contributed by atoms with Crippen LogP contribution in [0.1, 0.15) is 107 Å². The highest BCUT2D eigenvalue weighted by Gasteiger charge is 2.66. The lowest BCUT2D eigenvalue weighted by Crippen LogP contribution is -2.56. The number of nitrogens with zero attached hydrogens (tertiary/aromatic N) is 1. The number of alkyl halides is 2. The number of hydrogen-bond donors (Lipinski definition) is 0. The lowest BCUT2D eigenvalue weighted by atomic mass is 9.59. The third-order valence-corrected chi connectivity index (χ3v) is 9.86. The van der Waals surface area contributed by atoms with Gasteiger partial charge in [0.25, 0.3) is 0 Å². The van der Waals surface area contributed by atoms with Crippen molar-refractivity contribution in [1.82, 2.24) is 4.90 Å². The lowest BCUT2D eigenvalue weighted by Gasteiger charge is -2.51. The molecule has 0 amide bonds. The molecule has 1 fully saturated rings. The second-order valence-corrected chi connectivity index (χ2v) is 14.4. The molecule has 0 aromatic rings. The Morgan fingerprint density at radius 1 is 1.09 bits per heavy atom. The van der Waals surface area contributed by atoms with E-state index in [0.717, 1.165) is 19.6 Å². The summed E-state index contributed by atoms with van der Waals surface area (Å²) < 4.78 is 5.90. The van der Waals surface area contributed by atoms with Crippen LogP contribution < -0.4 is 0 Å². The molecule has 0 bridgehead atoms. The largest absolute Gasteiger partial charge is 0.376 e. The predicted octanol–water partition coefficient (Wildman–Crippen LogP) is 8.76. The third kappa shape index (κ3) is 5.61. The van der Waals surface area contributed by atoms with Gasteiger partial charge in [0.1, 0.15) is 0 Å². The van der Waals surface area contributed by atoms with E-state index in [4.69, 9.17) is 27.9 Å². The monoisotopic (exact) mass is 511 g/mol. The van der Waals surface area contributed by atoms with E-state index >= 15 is 0 Å². The van der Waals surface area contributed by atoms with Gasteiger partial charge in [-0.1, -0.05) is 37.0 Å². The van der Waals surface area contributed by atoms with Gasteiger partial charge in [-0.05, 0) is 99.0 Å². The van der Waals surface area contributed by atoms with Crippen LogP contribution in [-0.4, -0.2) is 46.0 Å². The van der Waals surface area contributed by atoms with Gasteiger partial charge < -0.3 is 4.74 Å². The Morgan fingerprint density at radius 3 is 2.38 bits per heavy atom. The van der Waals surface area contributed by atoms with Crippen LogP contribution in [0.25, 0.3) is 0 Å². The Morgan fingerprint density at radius 2 is 1.76 bits per heavy atom. The average molecular weight is 513 g/mol. The molecule has 1 aliphatic heterocycles. The zero-order chi connectivity index (χ0) is 25.4. The molecule has 34 heavy (non-hydrogen) atoms. The van der Waals surface area contributed by atoms with Crippen LogP contribution in [0.3, 0.4) is 0 Å². The van der Waals surface area contributed by atoms with Crippen molar-refractivity contribution in [2.45, 2.75) is 129 Å². The van der Waals surface area contributed by atoms with Crippen LogP contribution in [0.5, 0.6) is 0 Å². The summed E-state index contributed by atoms with van der Waals surface area (Å²) in [4.78, 5) is 2.74. The summed E-state index contributed by atoms with van der Waals surface area (Å²) in [6, 6.07) is 0. The summed E-state index contributed by atoms with van der Waals surface area (Å²) in [6.45, 7) is 20.4. The molecule has 0 saturated carbocycles. The van der Waals surface area contributed by atoms with Crippen molar-refractivity contribution in [2.24, 2.45) is 17.3 Å². The normalized spacial score (nSPS) is 30.4. The molecule has 4 heteroatoms. The highest BCUT2D eigenvalue weighted by Crippen LogP contribution is 2.66. The van der Waals surface area contributed by atoms with Gasteiger partial charge in [0.15, 0.2) is 0 Å². The van der Waals surface area contributed by atoms with Crippen LogP contribution >= 0.6 is 23.2 Å². The lowest BCUT2D eigenvalue weighted by molar-refractivity contribution is -0.00481. The highest BCUT2D eigenvalue weighted by molar-refractivity contribution is 6.28. The Labute approximate surface area is 220 Å². The Balaban J connectivity index is 1.77. The van der Waals surface area contributed by atoms with Gasteiger partial charge >= 0.3 is 0 Å². The average Bonchev–Trinajstić information content (AvgIpc) is 3.19. The summed E-state index contributed by atoms with van der Waals surface area (Å²) in [5, 5.41) is 0.00881. The first kappa shape index (κ1) is 28.5. The summed E-state index contributed by atoms with van der Waals surface area (Å²) in [5.74, 6) is 1.58. The molecular weight excluding hydrogens is 461 g/mol. The van der Waals surface area contributed by atoms with Crippen LogP contribution in [-0.2, 0) is 4.74 Å². The molecule has 2 aliphatic carbocycles. The zero-order valence-corrected chi connectivity index (χ0v) is 24.8. The van der Waals surface area contributed by atoms with E-state index in [1.54, 1.807) is 11.1 Å². The molecule has 1 saturated heterocycles. The minimum atomic E-state index is -0.0246. The molecule has 0 aromatic carbocycles. The fraction of sp³-hybridized carbons (Fsp3) is 0.867. The van der Waals surface area contributed by atoms with Gasteiger partial charge in [-0.25, -0.2) is 0 Å². The number of likely N-dealkylation sites (tertiary alicyclic amines) is 1. The van der Waals surface area contributed by atoms with Crippen molar-refractivity contribution in [2.75, 3.05) is 19.0 Å². The van der Waals surface area contributed by atoms with E-state index < -0.39 is 0 Å². The Kier molecular flexibility index (Phi) is 9.04. The van der Waals surface area contributed by atoms with Crippen molar-refractivity contribution in [1.29, 1.82) is 0 Å². The van der Waals surface area contributed by atoms with Gasteiger partial charge in [0, 0.05) is 41.4 Å². The minimum Gasteiger partial charge on any atom is -0.376 e. The second-order valence-electron chi connectivity index (χ2n) is 13.5. The molecule has 4 atom stereocenters. The molecular formula is C30H51Cl2NO. The second kappa shape index (κ2) is 10.8. The maximum absolute atomic E-state index is 7.06. The van der Waals surface area contributed by atoms with E-state index in [1.807, 2.05) is 0 Å². The molecule has 0 radical (unpaired) electrons. The van der Waals surface area contributed by atoms with Crippen LogP contribution in [0.4, 0.5) is 0 Å². The number of allylic oxidation sites excluding steroid dienone is 3. The highest BCUT2D eigenvalue weighted by atomic mass is 35.5. The van der Waals surface area contributed by atoms with E-state index in [9.17, 15) is 0 Å². The standard InChI is InChI=1S/C30H51Cl2NO/c1-27(2,3)33-21-25(26(32)20-31)30(29(33,7)8)19-22(23-16-12-13-17-24(23)30)15-11-9-10-14-18-34-28(4,5)6/h12,16,22,25-26H,9-11,13-15,17-21H2,1-8H3. The first-order chi connectivity index (χ1) is 15.8. The SMILES string of the molecule is CC(C)(C)OCCCCCCC1CC2(C3=C1C=CCC3)C(C(Cl)CCl)CN(C(C)(C)C)C2(C)C. The number of hydrogen-bond acceptors (Lipinski definition) is 2. The number of fused-ring (bicyclic) bond motifs is 1. The Hall–Kier alpha value is -0.0200. The number of unbranched alkanes of at least 4 members (excludes halogenated alkanes) is 3. The topological polar surface area (TPSA) is 12.5 Å². The van der Waals surface area contributed by atoms with Gasteiger partial charge in [-0.3, -0.25) is 4.90 Å². The Bertz CT molecular complexity index is 757. The van der Waals surface area contributed by atoms with Gasteiger partial charge in [0.2, 0.25) is 0 Å². The molecule has 1 spiro atoms. The van der Waals surface area contributed by atoms with Crippen LogP contribution in [0.2, 0.25) is 0 Å². The summed E-state index contributed by atoms with van der Waals surface area (Å²) in [6.07, 6.45) is 14.8. The molecule has 0 N–H and O–H groups in total. The minimum absolute atomic E-state index is 0.00881. The molecule has 3 rings (SSSR count). The molecule has 1 heterocycles. The fourth-order valence-corrected chi connectivity index (χ4v) is 8.07. The van der Waals surface area contributed by atoms with Crippen molar-refractivity contribution >= 4 is 23.2 Å². The zero-order valence-electron chi connectivity index (χ0n) is 23.3.